The number of primary amides is 1. The van der Waals surface area contributed by atoms with Crippen molar-refractivity contribution >= 4 is 5.91 Å². The Kier molecular flexibility index (Phi) is 4.40. The maximum atomic E-state index is 13.2. The monoisotopic (exact) mass is 249 g/mol. The van der Waals surface area contributed by atoms with E-state index < -0.39 is 17.1 Å². The molecule has 0 aliphatic heterocycles. The van der Waals surface area contributed by atoms with E-state index in [1.165, 1.54) is 12.1 Å². The van der Waals surface area contributed by atoms with Crippen LogP contribution >= 0.6 is 0 Å². The first-order chi connectivity index (χ1) is 8.35. The second kappa shape index (κ2) is 5.61. The van der Waals surface area contributed by atoms with Crippen LogP contribution in [0.5, 0.6) is 0 Å². The average Bonchev–Trinajstić information content (AvgIpc) is 2.27. The highest BCUT2D eigenvalue weighted by Gasteiger charge is 2.23. The summed E-state index contributed by atoms with van der Waals surface area (Å²) in [4.78, 5) is 11.1. The van der Waals surface area contributed by atoms with Crippen LogP contribution in [0, 0.1) is 22.6 Å². The number of nitriles is 1. The zero-order valence-electron chi connectivity index (χ0n) is 10.5. The molecular weight excluding hydrogens is 233 g/mol. The zero-order chi connectivity index (χ0) is 13.8. The zero-order valence-corrected chi connectivity index (χ0v) is 10.5. The van der Waals surface area contributed by atoms with Crippen LogP contribution in [0.1, 0.15) is 25.0 Å². The Hall–Kier alpha value is -1.93. The quantitative estimate of drug-likeness (QED) is 0.825. The number of rotatable bonds is 5. The number of nitrogens with one attached hydrogen (secondary N) is 1. The summed E-state index contributed by atoms with van der Waals surface area (Å²) in [6, 6.07) is 6.03. The Morgan fingerprint density at radius 3 is 2.72 bits per heavy atom. The van der Waals surface area contributed by atoms with E-state index in [0.29, 0.717) is 18.7 Å². The molecule has 4 nitrogen and oxygen atoms in total. The predicted molar refractivity (Wildman–Crippen MR) is 65.8 cm³/mol. The van der Waals surface area contributed by atoms with E-state index in [-0.39, 0.29) is 5.56 Å². The molecular formula is C13H16FN3O. The second-order valence-corrected chi connectivity index (χ2v) is 4.81. The molecule has 0 aliphatic rings. The van der Waals surface area contributed by atoms with Crippen LogP contribution in [0.25, 0.3) is 0 Å². The van der Waals surface area contributed by atoms with Gasteiger partial charge >= 0.3 is 0 Å². The molecule has 0 aliphatic carbocycles. The molecule has 1 aromatic rings. The molecule has 0 aromatic heterocycles. The van der Waals surface area contributed by atoms with Crippen molar-refractivity contribution in [2.45, 2.75) is 20.4 Å². The normalized spacial score (nSPS) is 11.0. The molecule has 96 valence electrons. The molecule has 3 N–H and O–H groups in total. The molecule has 0 spiro atoms. The lowest BCUT2D eigenvalue weighted by Gasteiger charge is -2.20. The van der Waals surface area contributed by atoms with E-state index in [1.54, 1.807) is 19.9 Å². The van der Waals surface area contributed by atoms with E-state index in [0.717, 1.165) is 0 Å². The predicted octanol–water partition coefficient (Wildman–Crippen LogP) is 1.30. The summed E-state index contributed by atoms with van der Waals surface area (Å²) in [6.07, 6.45) is 0. The van der Waals surface area contributed by atoms with Crippen LogP contribution in [-0.4, -0.2) is 12.5 Å². The summed E-state index contributed by atoms with van der Waals surface area (Å²) in [5, 5.41) is 11.7. The van der Waals surface area contributed by atoms with Crippen molar-refractivity contribution < 1.29 is 9.18 Å². The van der Waals surface area contributed by atoms with Gasteiger partial charge in [-0.05, 0) is 37.6 Å². The van der Waals surface area contributed by atoms with Crippen LogP contribution in [0.15, 0.2) is 18.2 Å². The highest BCUT2D eigenvalue weighted by atomic mass is 19.1. The van der Waals surface area contributed by atoms with Gasteiger partial charge in [-0.15, -0.1) is 0 Å². The Balaban J connectivity index is 2.62. The number of hydrogen-bond donors (Lipinski definition) is 2. The summed E-state index contributed by atoms with van der Waals surface area (Å²) in [5.41, 5.74) is 5.51. The summed E-state index contributed by atoms with van der Waals surface area (Å²) in [6.45, 7) is 4.23. The molecule has 1 aromatic carbocycles. The van der Waals surface area contributed by atoms with Gasteiger partial charge in [0.2, 0.25) is 5.91 Å². The maximum absolute atomic E-state index is 13.2. The Morgan fingerprint density at radius 2 is 2.17 bits per heavy atom. The van der Waals surface area contributed by atoms with Gasteiger partial charge in [0.1, 0.15) is 5.82 Å². The van der Waals surface area contributed by atoms with Crippen LogP contribution in [0.2, 0.25) is 0 Å². The number of hydrogen-bond acceptors (Lipinski definition) is 3. The first-order valence-corrected chi connectivity index (χ1v) is 5.55. The molecule has 5 heteroatoms. The van der Waals surface area contributed by atoms with Gasteiger partial charge in [-0.3, -0.25) is 4.79 Å². The number of benzene rings is 1. The molecule has 0 unspecified atom stereocenters. The first kappa shape index (κ1) is 14.1. The minimum absolute atomic E-state index is 0.279. The smallest absolute Gasteiger partial charge is 0.224 e. The lowest BCUT2D eigenvalue weighted by molar-refractivity contribution is -0.125. The van der Waals surface area contributed by atoms with Crippen molar-refractivity contribution in [3.8, 4) is 6.07 Å². The molecule has 0 radical (unpaired) electrons. The van der Waals surface area contributed by atoms with Gasteiger partial charge in [0.15, 0.2) is 0 Å². The Bertz CT molecular complexity index is 491. The topological polar surface area (TPSA) is 78.9 Å². The summed E-state index contributed by atoms with van der Waals surface area (Å²) in [7, 11) is 0. The molecule has 0 saturated heterocycles. The second-order valence-electron chi connectivity index (χ2n) is 4.81. The third-order valence-electron chi connectivity index (χ3n) is 2.65. The van der Waals surface area contributed by atoms with Gasteiger partial charge in [-0.25, -0.2) is 4.39 Å². The molecule has 0 heterocycles. The van der Waals surface area contributed by atoms with Gasteiger partial charge in [-0.1, -0.05) is 0 Å². The SMILES string of the molecule is CC(C)(CNCc1cc(F)cc(C#N)c1)C(N)=O. The summed E-state index contributed by atoms with van der Waals surface area (Å²) >= 11 is 0. The largest absolute Gasteiger partial charge is 0.369 e. The fraction of sp³-hybridized carbons (Fsp3) is 0.385. The Morgan fingerprint density at radius 1 is 1.50 bits per heavy atom. The lowest BCUT2D eigenvalue weighted by Crippen LogP contribution is -2.40. The third-order valence-corrected chi connectivity index (χ3v) is 2.65. The maximum Gasteiger partial charge on any atom is 0.224 e. The molecule has 18 heavy (non-hydrogen) atoms. The lowest BCUT2D eigenvalue weighted by atomic mass is 9.93. The van der Waals surface area contributed by atoms with Crippen molar-refractivity contribution in [1.29, 1.82) is 5.26 Å². The highest BCUT2D eigenvalue weighted by Crippen LogP contribution is 2.13. The van der Waals surface area contributed by atoms with Gasteiger partial charge in [0, 0.05) is 13.1 Å². The van der Waals surface area contributed by atoms with Crippen molar-refractivity contribution in [3.05, 3.63) is 35.1 Å². The third kappa shape index (κ3) is 3.82. The number of nitrogens with two attached hydrogens (primary N) is 1. The van der Waals surface area contributed by atoms with Crippen molar-refractivity contribution in [3.63, 3.8) is 0 Å². The van der Waals surface area contributed by atoms with E-state index in [9.17, 15) is 9.18 Å². The minimum atomic E-state index is -0.661. The average molecular weight is 249 g/mol. The van der Waals surface area contributed by atoms with Crippen LogP contribution in [0.4, 0.5) is 4.39 Å². The number of carbonyl (C=O) groups is 1. The van der Waals surface area contributed by atoms with E-state index >= 15 is 0 Å². The standard InChI is InChI=1S/C13H16FN3O/c1-13(2,12(16)18)8-17-7-10-3-9(6-15)4-11(14)5-10/h3-5,17H,7-8H2,1-2H3,(H2,16,18). The minimum Gasteiger partial charge on any atom is -0.369 e. The molecule has 0 fully saturated rings. The van der Waals surface area contributed by atoms with E-state index in [4.69, 9.17) is 11.0 Å². The number of carbonyl (C=O) groups excluding carboxylic acids is 1. The van der Waals surface area contributed by atoms with Gasteiger partial charge in [0.25, 0.3) is 0 Å². The molecule has 1 rings (SSSR count). The van der Waals surface area contributed by atoms with Crippen molar-refractivity contribution in [2.24, 2.45) is 11.1 Å². The highest BCUT2D eigenvalue weighted by molar-refractivity contribution is 5.80. The molecule has 0 bridgehead atoms. The number of amides is 1. The summed E-state index contributed by atoms with van der Waals surface area (Å²) < 4.78 is 13.2. The fourth-order valence-electron chi connectivity index (χ4n) is 1.42. The molecule has 0 atom stereocenters. The van der Waals surface area contributed by atoms with Gasteiger partial charge < -0.3 is 11.1 Å². The van der Waals surface area contributed by atoms with E-state index in [1.807, 2.05) is 6.07 Å². The first-order valence-electron chi connectivity index (χ1n) is 5.55. The Labute approximate surface area is 106 Å². The van der Waals surface area contributed by atoms with Crippen LogP contribution in [0.3, 0.4) is 0 Å². The van der Waals surface area contributed by atoms with Crippen LogP contribution < -0.4 is 11.1 Å². The van der Waals surface area contributed by atoms with Gasteiger partial charge in [0.05, 0.1) is 17.0 Å². The van der Waals surface area contributed by atoms with Crippen LogP contribution in [-0.2, 0) is 11.3 Å². The number of halogens is 1. The summed E-state index contributed by atoms with van der Waals surface area (Å²) in [5.74, 6) is -0.841. The molecule has 0 saturated carbocycles. The van der Waals surface area contributed by atoms with E-state index in [2.05, 4.69) is 5.32 Å². The van der Waals surface area contributed by atoms with Gasteiger partial charge in [-0.2, -0.15) is 5.26 Å². The molecule has 1 amide bonds. The number of nitrogens with zero attached hydrogens (tertiary/aromatic N) is 1. The van der Waals surface area contributed by atoms with Crippen molar-refractivity contribution in [1.82, 2.24) is 5.32 Å². The fourth-order valence-corrected chi connectivity index (χ4v) is 1.42. The van der Waals surface area contributed by atoms with Crippen molar-refractivity contribution in [2.75, 3.05) is 6.54 Å².